The van der Waals surface area contributed by atoms with E-state index in [1.165, 1.54) is 0 Å². The molecule has 0 aliphatic carbocycles. The fraction of sp³-hybridized carbons (Fsp3) is 0.833. The number of halogens is 1. The van der Waals surface area contributed by atoms with Crippen molar-refractivity contribution in [2.45, 2.75) is 24.2 Å². The number of aliphatic hydroxyl groups excluding tert-OH is 3. The SMILES string of the molecule is O=C[C@H](O)[C@@H](O)[C@@](O)(F)[C@H](O)COP(=O)(O)O. The lowest BCUT2D eigenvalue weighted by Crippen LogP contribution is -2.55. The van der Waals surface area contributed by atoms with Gasteiger partial charge in [-0.15, -0.1) is 0 Å². The number of aldehydes is 1. The van der Waals surface area contributed by atoms with Gasteiger partial charge in [0.1, 0.15) is 18.3 Å². The van der Waals surface area contributed by atoms with Gasteiger partial charge in [-0.2, -0.15) is 0 Å². The number of hydrogen-bond donors (Lipinski definition) is 6. The van der Waals surface area contributed by atoms with Crippen LogP contribution >= 0.6 is 7.82 Å². The van der Waals surface area contributed by atoms with Crippen molar-refractivity contribution in [2.75, 3.05) is 6.61 Å². The number of aliphatic hydroxyl groups is 4. The van der Waals surface area contributed by atoms with Crippen LogP contribution in [0, 0.1) is 0 Å². The molecule has 6 N–H and O–H groups in total. The van der Waals surface area contributed by atoms with Crippen LogP contribution in [-0.4, -0.2) is 67.3 Å². The molecule has 0 aromatic carbocycles. The lowest BCUT2D eigenvalue weighted by Gasteiger charge is -2.30. The molecule has 0 rings (SSSR count). The molecule has 0 unspecified atom stereocenters. The van der Waals surface area contributed by atoms with Crippen LogP contribution in [0.1, 0.15) is 0 Å². The van der Waals surface area contributed by atoms with Gasteiger partial charge in [0.2, 0.25) is 0 Å². The molecule has 0 aliphatic rings. The zero-order valence-corrected chi connectivity index (χ0v) is 9.14. The third kappa shape index (κ3) is 5.15. The van der Waals surface area contributed by atoms with Crippen LogP contribution in [0.5, 0.6) is 0 Å². The normalized spacial score (nSPS) is 21.4. The van der Waals surface area contributed by atoms with E-state index in [4.69, 9.17) is 30.2 Å². The molecule has 17 heavy (non-hydrogen) atoms. The van der Waals surface area contributed by atoms with Crippen LogP contribution in [-0.2, 0) is 13.9 Å². The Morgan fingerprint density at radius 3 is 2.18 bits per heavy atom. The molecule has 0 spiro atoms. The van der Waals surface area contributed by atoms with E-state index in [0.717, 1.165) is 0 Å². The van der Waals surface area contributed by atoms with Crippen molar-refractivity contribution >= 4 is 14.1 Å². The highest BCUT2D eigenvalue weighted by Crippen LogP contribution is 2.36. The number of phosphoric ester groups is 1. The van der Waals surface area contributed by atoms with Gasteiger partial charge in [-0.05, 0) is 0 Å². The fourth-order valence-corrected chi connectivity index (χ4v) is 1.13. The van der Waals surface area contributed by atoms with Crippen LogP contribution in [0.4, 0.5) is 4.39 Å². The first-order valence-corrected chi connectivity index (χ1v) is 5.66. The highest BCUT2D eigenvalue weighted by Gasteiger charge is 2.47. The first-order valence-electron chi connectivity index (χ1n) is 4.13. The summed E-state index contributed by atoms with van der Waals surface area (Å²) in [7, 11) is -5.00. The molecular weight excluding hydrogens is 266 g/mol. The molecule has 0 aromatic rings. The van der Waals surface area contributed by atoms with Crippen LogP contribution in [0.15, 0.2) is 0 Å². The smallest absolute Gasteiger partial charge is 0.385 e. The standard InChI is InChI=1S/C6H12FO9P/c7-6(12,5(11)3(9)1-8)4(10)2-16-17(13,14)15/h1,3-5,9-12H,2H2,(H2,13,14,15)/t3-,4+,5+,6+/m0/s1. The molecule has 0 bridgehead atoms. The van der Waals surface area contributed by atoms with Crippen molar-refractivity contribution in [3.63, 3.8) is 0 Å². The number of rotatable bonds is 7. The van der Waals surface area contributed by atoms with Gasteiger partial charge >= 0.3 is 7.82 Å². The molecule has 0 aromatic heterocycles. The molecule has 0 fully saturated rings. The molecule has 9 nitrogen and oxygen atoms in total. The summed E-state index contributed by atoms with van der Waals surface area (Å²) in [6.07, 6.45) is -7.91. The molecule has 0 amide bonds. The topological polar surface area (TPSA) is 165 Å². The average molecular weight is 278 g/mol. The van der Waals surface area contributed by atoms with Crippen molar-refractivity contribution in [1.29, 1.82) is 0 Å². The van der Waals surface area contributed by atoms with E-state index in [9.17, 15) is 13.8 Å². The van der Waals surface area contributed by atoms with Gasteiger partial charge in [-0.3, -0.25) is 4.52 Å². The molecule has 102 valence electrons. The van der Waals surface area contributed by atoms with Crippen LogP contribution in [0.3, 0.4) is 0 Å². The lowest BCUT2D eigenvalue weighted by atomic mass is 10.0. The maximum Gasteiger partial charge on any atom is 0.469 e. The van der Waals surface area contributed by atoms with Gasteiger partial charge in [0.15, 0.2) is 6.29 Å². The minimum absolute atomic E-state index is 0.300. The summed E-state index contributed by atoms with van der Waals surface area (Å²) in [5, 5.41) is 35.6. The Hall–Kier alpha value is -0.450. The third-order valence-corrected chi connectivity index (χ3v) is 2.23. The second kappa shape index (κ2) is 5.94. The van der Waals surface area contributed by atoms with Crippen molar-refractivity contribution in [1.82, 2.24) is 0 Å². The van der Waals surface area contributed by atoms with E-state index in [2.05, 4.69) is 4.52 Å². The number of carbonyl (C=O) groups is 1. The molecule has 0 saturated carbocycles. The molecular formula is C6H12FO9P. The number of carbonyl (C=O) groups excluding carboxylic acids is 1. The van der Waals surface area contributed by atoms with E-state index in [0.29, 0.717) is 0 Å². The number of phosphoric acid groups is 1. The zero-order chi connectivity index (χ0) is 13.9. The summed E-state index contributed by atoms with van der Waals surface area (Å²) >= 11 is 0. The Morgan fingerprint density at radius 1 is 1.35 bits per heavy atom. The van der Waals surface area contributed by atoms with Crippen molar-refractivity contribution in [2.24, 2.45) is 0 Å². The summed E-state index contributed by atoms with van der Waals surface area (Å²) in [5.41, 5.74) is 0. The van der Waals surface area contributed by atoms with Crippen molar-refractivity contribution in [3.05, 3.63) is 0 Å². The van der Waals surface area contributed by atoms with E-state index < -0.39 is 38.6 Å². The lowest BCUT2D eigenvalue weighted by molar-refractivity contribution is -0.249. The summed E-state index contributed by atoms with van der Waals surface area (Å²) in [5.74, 6) is -3.88. The van der Waals surface area contributed by atoms with Crippen LogP contribution < -0.4 is 0 Å². The summed E-state index contributed by atoms with van der Waals surface area (Å²) in [6.45, 7) is -1.36. The third-order valence-electron chi connectivity index (χ3n) is 1.75. The Balaban J connectivity index is 4.58. The highest BCUT2D eigenvalue weighted by atomic mass is 31.2. The molecule has 0 radical (unpaired) electrons. The van der Waals surface area contributed by atoms with Crippen molar-refractivity contribution < 1.29 is 48.5 Å². The van der Waals surface area contributed by atoms with Gasteiger partial charge in [0, 0.05) is 0 Å². The predicted octanol–water partition coefficient (Wildman–Crippen LogP) is -2.96. The summed E-state index contributed by atoms with van der Waals surface area (Å²) < 4.78 is 27.2. The number of hydrogen-bond acceptors (Lipinski definition) is 7. The zero-order valence-electron chi connectivity index (χ0n) is 8.25. The van der Waals surface area contributed by atoms with Crippen molar-refractivity contribution in [3.8, 4) is 0 Å². The van der Waals surface area contributed by atoms with E-state index >= 15 is 0 Å². The molecule has 4 atom stereocenters. The molecule has 0 aliphatic heterocycles. The van der Waals surface area contributed by atoms with Crippen LogP contribution in [0.25, 0.3) is 0 Å². The van der Waals surface area contributed by atoms with E-state index in [1.807, 2.05) is 0 Å². The second-order valence-electron chi connectivity index (χ2n) is 3.10. The highest BCUT2D eigenvalue weighted by molar-refractivity contribution is 7.46. The monoisotopic (exact) mass is 278 g/mol. The summed E-state index contributed by atoms with van der Waals surface area (Å²) in [4.78, 5) is 26.5. The maximum absolute atomic E-state index is 13.3. The largest absolute Gasteiger partial charge is 0.469 e. The predicted molar refractivity (Wildman–Crippen MR) is 48.1 cm³/mol. The van der Waals surface area contributed by atoms with Gasteiger partial charge in [-0.1, -0.05) is 0 Å². The minimum Gasteiger partial charge on any atom is -0.385 e. The first kappa shape index (κ1) is 16.6. The molecule has 11 heteroatoms. The van der Waals surface area contributed by atoms with E-state index in [-0.39, 0.29) is 6.29 Å². The Labute approximate surface area is 94.3 Å². The summed E-state index contributed by atoms with van der Waals surface area (Å²) in [6, 6.07) is 0. The molecule has 0 heterocycles. The van der Waals surface area contributed by atoms with Gasteiger partial charge in [-0.25, -0.2) is 8.96 Å². The van der Waals surface area contributed by atoms with E-state index in [1.54, 1.807) is 0 Å². The molecule has 0 saturated heterocycles. The Morgan fingerprint density at radius 2 is 1.82 bits per heavy atom. The minimum atomic E-state index is -5.00. The van der Waals surface area contributed by atoms with Gasteiger partial charge in [0.05, 0.1) is 6.61 Å². The van der Waals surface area contributed by atoms with Crippen LogP contribution in [0.2, 0.25) is 0 Å². The maximum atomic E-state index is 13.3. The second-order valence-corrected chi connectivity index (χ2v) is 4.34. The number of alkyl halides is 1. The first-order chi connectivity index (χ1) is 7.52. The van der Waals surface area contributed by atoms with Gasteiger partial charge < -0.3 is 35.0 Å². The van der Waals surface area contributed by atoms with Gasteiger partial charge in [0.25, 0.3) is 5.85 Å². The Bertz CT molecular complexity index is 302. The fourth-order valence-electron chi connectivity index (χ4n) is 0.796. The quantitative estimate of drug-likeness (QED) is 0.211. The Kier molecular flexibility index (Phi) is 5.78. The average Bonchev–Trinajstić information content (AvgIpc) is 2.22.